The fourth-order valence-corrected chi connectivity index (χ4v) is 5.22. The van der Waals surface area contributed by atoms with E-state index >= 15 is 0 Å². The smallest absolute Gasteiger partial charge is 0.216 e. The fourth-order valence-electron chi connectivity index (χ4n) is 4.29. The molecule has 0 saturated carbocycles. The molecule has 7 aromatic rings. The number of aromatic nitrogens is 3. The first kappa shape index (κ1) is 25.9. The van der Waals surface area contributed by atoms with Gasteiger partial charge in [-0.2, -0.15) is 0 Å². The van der Waals surface area contributed by atoms with Crippen molar-refractivity contribution < 1.29 is 24.5 Å². The molecule has 2 aromatic carbocycles. The molecule has 1 radical (unpaired) electrons. The van der Waals surface area contributed by atoms with E-state index in [1.54, 1.807) is 11.3 Å². The summed E-state index contributed by atoms with van der Waals surface area (Å²) in [6.45, 7) is 6.12. The molecule has 0 N–H and O–H groups in total. The van der Waals surface area contributed by atoms with Gasteiger partial charge < -0.3 is 14.4 Å². The summed E-state index contributed by atoms with van der Waals surface area (Å²) < 4.78 is 7.29. The molecule has 0 aliphatic rings. The molecule has 0 bridgehead atoms. The van der Waals surface area contributed by atoms with Gasteiger partial charge in [0.25, 0.3) is 0 Å². The van der Waals surface area contributed by atoms with Gasteiger partial charge in [0, 0.05) is 58.5 Å². The van der Waals surface area contributed by atoms with Gasteiger partial charge in [-0.05, 0) is 55.9 Å². The van der Waals surface area contributed by atoms with E-state index < -0.39 is 0 Å². The van der Waals surface area contributed by atoms with Crippen molar-refractivity contribution in [1.29, 1.82) is 0 Å². The van der Waals surface area contributed by atoms with Gasteiger partial charge in [0.15, 0.2) is 0 Å². The van der Waals surface area contributed by atoms with Crippen LogP contribution in [0, 0.1) is 32.9 Å². The van der Waals surface area contributed by atoms with Crippen molar-refractivity contribution in [3.8, 4) is 22.5 Å². The molecule has 0 atom stereocenters. The zero-order valence-electron chi connectivity index (χ0n) is 21.1. The molecule has 6 heteroatoms. The molecule has 0 aliphatic carbocycles. The van der Waals surface area contributed by atoms with Crippen LogP contribution in [-0.2, 0) is 20.1 Å². The summed E-state index contributed by atoms with van der Waals surface area (Å²) in [6, 6.07) is 30.7. The predicted molar refractivity (Wildman–Crippen MR) is 152 cm³/mol. The number of rotatable bonds is 2. The van der Waals surface area contributed by atoms with Crippen molar-refractivity contribution in [2.24, 2.45) is 0 Å². The number of fused-ring (bicyclic) bond motifs is 4. The van der Waals surface area contributed by atoms with Crippen molar-refractivity contribution in [1.82, 2.24) is 15.0 Å². The van der Waals surface area contributed by atoms with E-state index in [1.165, 1.54) is 20.5 Å². The monoisotopic (exact) mass is 690 g/mol. The maximum Gasteiger partial charge on any atom is 0.216 e. The summed E-state index contributed by atoms with van der Waals surface area (Å²) in [4.78, 5) is 14.7. The first-order valence-corrected chi connectivity index (χ1v) is 12.8. The number of hydrogen-bond acceptors (Lipinski definition) is 5. The van der Waals surface area contributed by atoms with Crippen LogP contribution in [-0.4, -0.2) is 15.0 Å². The second kappa shape index (κ2) is 11.0. The van der Waals surface area contributed by atoms with Gasteiger partial charge in [-0.15, -0.1) is 65.4 Å². The molecule has 0 unspecified atom stereocenters. The number of furan rings is 1. The third-order valence-electron chi connectivity index (χ3n) is 6.12. The van der Waals surface area contributed by atoms with Gasteiger partial charge in [-0.25, -0.2) is 4.98 Å². The molecule has 5 aromatic heterocycles. The topological polar surface area (TPSA) is 51.8 Å². The van der Waals surface area contributed by atoms with Crippen molar-refractivity contribution in [2.45, 2.75) is 20.8 Å². The van der Waals surface area contributed by atoms with E-state index in [0.717, 1.165) is 44.6 Å². The largest absolute Gasteiger partial charge is 0.486 e. The molecule has 4 nitrogen and oxygen atoms in total. The number of benzene rings is 2. The third-order valence-corrected chi connectivity index (χ3v) is 7.13. The summed E-state index contributed by atoms with van der Waals surface area (Å²) in [6.07, 6.45) is 3.79. The Morgan fingerprint density at radius 2 is 1.66 bits per heavy atom. The van der Waals surface area contributed by atoms with E-state index in [-0.39, 0.29) is 20.1 Å². The van der Waals surface area contributed by atoms with Crippen LogP contribution >= 0.6 is 11.3 Å². The van der Waals surface area contributed by atoms with Crippen LogP contribution in [0.4, 0.5) is 0 Å². The van der Waals surface area contributed by atoms with E-state index in [4.69, 9.17) is 4.42 Å². The van der Waals surface area contributed by atoms with Crippen LogP contribution in [0.1, 0.15) is 16.1 Å². The standard InChI is InChI=1S/C20H13N2OS.C12H10N.Ir/c1-11-6-7-15-14-4-3-5-16(19(14)23-20(15)22-11)17-9-18-13(10-21-17)8-12(2)24-18;1-10-7-8-12(13-9-10)11-5-3-2-4-6-11;/h3-4,6-10H,1-2H3;2-5,7-9H,1H3;/q2*-1;. The second-order valence-electron chi connectivity index (χ2n) is 8.96. The minimum Gasteiger partial charge on any atom is -0.486 e. The Kier molecular flexibility index (Phi) is 7.48. The maximum atomic E-state index is 6.06. The van der Waals surface area contributed by atoms with E-state index in [1.807, 2.05) is 74.8 Å². The van der Waals surface area contributed by atoms with Crippen LogP contribution in [0.15, 0.2) is 89.6 Å². The minimum absolute atomic E-state index is 0. The molecule has 0 amide bonds. The summed E-state index contributed by atoms with van der Waals surface area (Å²) in [5.41, 5.74) is 7.38. The molecule has 0 saturated heterocycles. The van der Waals surface area contributed by atoms with Gasteiger partial charge in [-0.1, -0.05) is 29.1 Å². The number of hydrogen-bond donors (Lipinski definition) is 0. The average Bonchev–Trinajstić information content (AvgIpc) is 3.48. The third kappa shape index (κ3) is 5.16. The molecule has 38 heavy (non-hydrogen) atoms. The van der Waals surface area contributed by atoms with Crippen LogP contribution in [0.25, 0.3) is 54.7 Å². The van der Waals surface area contributed by atoms with Gasteiger partial charge in [-0.3, -0.25) is 0 Å². The summed E-state index contributed by atoms with van der Waals surface area (Å²) in [7, 11) is 0. The van der Waals surface area contributed by atoms with Crippen molar-refractivity contribution in [3.05, 3.63) is 113 Å². The maximum absolute atomic E-state index is 6.06. The van der Waals surface area contributed by atoms with Crippen LogP contribution in [0.5, 0.6) is 0 Å². The SMILES string of the molecule is Cc1ccc(-c2[c-]cccc2)nc1.Cc1ccc2c(n1)oc1c(-c3cc4sc(C)cc4cn3)[c-]ccc12.[Ir]. The Bertz CT molecular complexity index is 1860. The molecule has 189 valence electrons. The van der Waals surface area contributed by atoms with Crippen LogP contribution < -0.4 is 0 Å². The zero-order chi connectivity index (χ0) is 25.4. The van der Waals surface area contributed by atoms with E-state index in [0.29, 0.717) is 5.71 Å². The average molecular weight is 690 g/mol. The Morgan fingerprint density at radius 1 is 0.789 bits per heavy atom. The fraction of sp³-hybridized carbons (Fsp3) is 0.0938. The van der Waals surface area contributed by atoms with Crippen molar-refractivity contribution in [3.63, 3.8) is 0 Å². The second-order valence-corrected chi connectivity index (χ2v) is 10.3. The number of pyridine rings is 3. The number of nitrogens with zero attached hydrogens (tertiary/aromatic N) is 3. The number of aryl methyl sites for hydroxylation is 3. The van der Waals surface area contributed by atoms with Gasteiger partial charge >= 0.3 is 0 Å². The van der Waals surface area contributed by atoms with Gasteiger partial charge in [0.1, 0.15) is 0 Å². The Morgan fingerprint density at radius 3 is 2.45 bits per heavy atom. The molecular formula is C32H23IrN3OS-2. The summed E-state index contributed by atoms with van der Waals surface area (Å²) >= 11 is 1.78. The quantitative estimate of drug-likeness (QED) is 0.171. The normalized spacial score (nSPS) is 10.8. The predicted octanol–water partition coefficient (Wildman–Crippen LogP) is 8.53. The molecule has 5 heterocycles. The Hall–Kier alpha value is -3.70. The van der Waals surface area contributed by atoms with Crippen molar-refractivity contribution in [2.75, 3.05) is 0 Å². The molecule has 0 fully saturated rings. The van der Waals surface area contributed by atoms with Gasteiger partial charge in [0.2, 0.25) is 5.71 Å². The van der Waals surface area contributed by atoms with E-state index in [9.17, 15) is 0 Å². The first-order valence-electron chi connectivity index (χ1n) is 12.0. The summed E-state index contributed by atoms with van der Waals surface area (Å²) in [5.74, 6) is 0. The van der Waals surface area contributed by atoms with E-state index in [2.05, 4.69) is 58.3 Å². The summed E-state index contributed by atoms with van der Waals surface area (Å²) in [5, 5.41) is 3.25. The van der Waals surface area contributed by atoms with Crippen molar-refractivity contribution >= 4 is 43.5 Å². The van der Waals surface area contributed by atoms with Crippen LogP contribution in [0.3, 0.4) is 0 Å². The Labute approximate surface area is 238 Å². The molecule has 0 aliphatic heterocycles. The number of thiophene rings is 1. The molecular weight excluding hydrogens is 667 g/mol. The Balaban J connectivity index is 0.000000179. The molecule has 0 spiro atoms. The first-order chi connectivity index (χ1) is 18.0. The molecule has 7 rings (SSSR count). The van der Waals surface area contributed by atoms with Gasteiger partial charge in [0.05, 0.1) is 5.58 Å². The van der Waals surface area contributed by atoms with Crippen LogP contribution in [0.2, 0.25) is 0 Å². The minimum atomic E-state index is 0. The zero-order valence-corrected chi connectivity index (χ0v) is 24.3.